The largest absolute Gasteiger partial charge is 0.368 e. The summed E-state index contributed by atoms with van der Waals surface area (Å²) in [4.78, 5) is 0. The highest BCUT2D eigenvalue weighted by Crippen LogP contribution is 1.93. The van der Waals surface area contributed by atoms with Crippen LogP contribution in [0.1, 0.15) is 13.3 Å². The summed E-state index contributed by atoms with van der Waals surface area (Å²) in [6.07, 6.45) is 0.513. The van der Waals surface area contributed by atoms with Gasteiger partial charge in [0.05, 0.1) is 6.26 Å². The Morgan fingerprint density at radius 3 is 1.92 bits per heavy atom. The van der Waals surface area contributed by atoms with E-state index in [1.807, 2.05) is 6.92 Å². The van der Waals surface area contributed by atoms with Crippen LogP contribution in [-0.4, -0.2) is 43.8 Å². The first-order valence-corrected chi connectivity index (χ1v) is 5.40. The maximum absolute atomic E-state index is 9.19. The molecule has 0 aromatic heterocycles. The van der Waals surface area contributed by atoms with Crippen LogP contribution in [0.15, 0.2) is 0 Å². The van der Waals surface area contributed by atoms with Crippen molar-refractivity contribution in [2.45, 2.75) is 25.7 Å². The van der Waals surface area contributed by atoms with Crippen molar-refractivity contribution in [2.24, 2.45) is 5.73 Å². The van der Waals surface area contributed by atoms with E-state index in [2.05, 4.69) is 4.74 Å². The van der Waals surface area contributed by atoms with Gasteiger partial charge in [-0.15, -0.1) is 0 Å². The van der Waals surface area contributed by atoms with Gasteiger partial charge in [-0.05, 0) is 6.92 Å². The van der Waals surface area contributed by atoms with Crippen LogP contribution in [0.5, 0.6) is 0 Å². The summed E-state index contributed by atoms with van der Waals surface area (Å²) < 4.78 is 30.4. The highest BCUT2D eigenvalue weighted by Gasteiger charge is 2.02. The molecule has 0 heterocycles. The molecule has 0 aliphatic carbocycles. The maximum Gasteiger partial charge on any atom is 0.261 e. The lowest BCUT2D eigenvalue weighted by Gasteiger charge is -2.09. The lowest BCUT2D eigenvalue weighted by atomic mass is 10.2. The molecule has 0 saturated heterocycles. The van der Waals surface area contributed by atoms with Crippen molar-refractivity contribution < 1.29 is 22.8 Å². The zero-order valence-electron chi connectivity index (χ0n) is 7.97. The minimum Gasteiger partial charge on any atom is -0.368 e. The quantitative estimate of drug-likeness (QED) is 0.419. The predicted molar refractivity (Wildman–Crippen MR) is 48.8 cm³/mol. The molecule has 2 unspecified atom stereocenters. The van der Waals surface area contributed by atoms with Gasteiger partial charge in [0.2, 0.25) is 0 Å². The summed E-state index contributed by atoms with van der Waals surface area (Å²) in [6, 6.07) is 0.00458. The average Bonchev–Trinajstić information content (AvgIpc) is 1.82. The second-order valence-electron chi connectivity index (χ2n) is 2.64. The molecule has 0 saturated carbocycles. The lowest BCUT2D eigenvalue weighted by molar-refractivity contribution is -0.0806. The van der Waals surface area contributed by atoms with Crippen LogP contribution >= 0.6 is 0 Å². The van der Waals surface area contributed by atoms with Crippen LogP contribution in [0.3, 0.4) is 0 Å². The van der Waals surface area contributed by atoms with Gasteiger partial charge >= 0.3 is 0 Å². The molecular weight excluding hydrogens is 198 g/mol. The van der Waals surface area contributed by atoms with E-state index in [-0.39, 0.29) is 6.04 Å². The molecule has 82 valence electrons. The molecule has 13 heavy (non-hydrogen) atoms. The third kappa shape index (κ3) is 33.7. The Balaban J connectivity index is 0. The normalized spacial score (nSPS) is 15.5. The van der Waals surface area contributed by atoms with Gasteiger partial charge in [-0.2, -0.15) is 8.42 Å². The fourth-order valence-corrected chi connectivity index (χ4v) is 0.414. The third-order valence-electron chi connectivity index (χ3n) is 0.845. The standard InChI is InChI=1S/C5H13NO2.CH4O3S/c1-4(6)3-5(7)8-2;1-5(2,3)4/h4-5,7H,3,6H2,1-2H3;1H3,(H,2,3,4). The van der Waals surface area contributed by atoms with E-state index in [1.165, 1.54) is 7.11 Å². The molecule has 2 atom stereocenters. The second-order valence-corrected chi connectivity index (χ2v) is 4.10. The van der Waals surface area contributed by atoms with Crippen LogP contribution in [0.2, 0.25) is 0 Å². The van der Waals surface area contributed by atoms with Crippen molar-refractivity contribution >= 4 is 10.1 Å². The number of hydrogen-bond donors (Lipinski definition) is 3. The number of methoxy groups -OCH3 is 1. The fourth-order valence-electron chi connectivity index (χ4n) is 0.414. The molecule has 0 aliphatic heterocycles. The first-order valence-electron chi connectivity index (χ1n) is 3.55. The van der Waals surface area contributed by atoms with Gasteiger partial charge in [0, 0.05) is 19.6 Å². The van der Waals surface area contributed by atoms with E-state index in [0.29, 0.717) is 12.7 Å². The molecule has 0 spiro atoms. The smallest absolute Gasteiger partial charge is 0.261 e. The molecule has 0 aliphatic rings. The van der Waals surface area contributed by atoms with Gasteiger partial charge in [-0.3, -0.25) is 4.55 Å². The fraction of sp³-hybridized carbons (Fsp3) is 1.00. The SMILES string of the molecule is COC(O)CC(C)N.CS(=O)(=O)O. The number of ether oxygens (including phenoxy) is 1. The Morgan fingerprint density at radius 2 is 1.85 bits per heavy atom. The number of rotatable bonds is 3. The van der Waals surface area contributed by atoms with Crippen LogP contribution < -0.4 is 5.73 Å². The first kappa shape index (κ1) is 15.3. The van der Waals surface area contributed by atoms with Crippen molar-refractivity contribution in [1.82, 2.24) is 0 Å². The van der Waals surface area contributed by atoms with E-state index in [0.717, 1.165) is 0 Å². The Morgan fingerprint density at radius 1 is 1.54 bits per heavy atom. The topological polar surface area (TPSA) is 110 Å². The highest BCUT2D eigenvalue weighted by atomic mass is 32.2. The molecule has 0 rings (SSSR count). The third-order valence-corrected chi connectivity index (χ3v) is 0.845. The zero-order valence-corrected chi connectivity index (χ0v) is 8.78. The van der Waals surface area contributed by atoms with Crippen LogP contribution in [-0.2, 0) is 14.9 Å². The molecular formula is C6H17NO5S. The summed E-state index contributed by atoms with van der Waals surface area (Å²) in [5.74, 6) is 0. The molecule has 0 amide bonds. The summed E-state index contributed by atoms with van der Waals surface area (Å²) in [5, 5.41) is 8.73. The minimum absolute atomic E-state index is 0.00458. The molecule has 0 bridgehead atoms. The van der Waals surface area contributed by atoms with Gasteiger partial charge in [0.25, 0.3) is 10.1 Å². The van der Waals surface area contributed by atoms with E-state index in [1.54, 1.807) is 0 Å². The zero-order chi connectivity index (χ0) is 11.1. The Kier molecular flexibility index (Phi) is 8.48. The lowest BCUT2D eigenvalue weighted by Crippen LogP contribution is -2.23. The molecule has 6 nitrogen and oxygen atoms in total. The highest BCUT2D eigenvalue weighted by molar-refractivity contribution is 7.85. The van der Waals surface area contributed by atoms with E-state index in [9.17, 15) is 8.42 Å². The van der Waals surface area contributed by atoms with Gasteiger partial charge in [0.15, 0.2) is 6.29 Å². The molecule has 0 fully saturated rings. The van der Waals surface area contributed by atoms with Crippen molar-refractivity contribution in [1.29, 1.82) is 0 Å². The van der Waals surface area contributed by atoms with Gasteiger partial charge in [-0.25, -0.2) is 0 Å². The Labute approximate surface area is 78.4 Å². The van der Waals surface area contributed by atoms with Crippen LogP contribution in [0.4, 0.5) is 0 Å². The van der Waals surface area contributed by atoms with E-state index < -0.39 is 16.4 Å². The maximum atomic E-state index is 9.19. The molecule has 0 aromatic carbocycles. The number of hydrogen-bond acceptors (Lipinski definition) is 5. The number of aliphatic hydroxyl groups excluding tert-OH is 1. The van der Waals surface area contributed by atoms with Crippen molar-refractivity contribution in [2.75, 3.05) is 13.4 Å². The van der Waals surface area contributed by atoms with Crippen molar-refractivity contribution in [3.63, 3.8) is 0 Å². The molecule has 0 radical (unpaired) electrons. The summed E-state index contributed by atoms with van der Waals surface area (Å²) in [5.41, 5.74) is 5.33. The monoisotopic (exact) mass is 215 g/mol. The van der Waals surface area contributed by atoms with Crippen molar-refractivity contribution in [3.8, 4) is 0 Å². The first-order chi connectivity index (χ1) is 5.66. The summed E-state index contributed by atoms with van der Waals surface area (Å²) in [6.45, 7) is 1.82. The Bertz CT molecular complexity index is 193. The van der Waals surface area contributed by atoms with Gasteiger partial charge < -0.3 is 15.6 Å². The minimum atomic E-state index is -3.67. The average molecular weight is 215 g/mol. The summed E-state index contributed by atoms with van der Waals surface area (Å²) in [7, 11) is -2.22. The number of aliphatic hydroxyl groups is 1. The van der Waals surface area contributed by atoms with E-state index >= 15 is 0 Å². The summed E-state index contributed by atoms with van der Waals surface area (Å²) >= 11 is 0. The number of nitrogens with two attached hydrogens (primary N) is 1. The Hall–Kier alpha value is -0.210. The van der Waals surface area contributed by atoms with Gasteiger partial charge in [-0.1, -0.05) is 0 Å². The van der Waals surface area contributed by atoms with E-state index in [4.69, 9.17) is 15.4 Å². The second kappa shape index (κ2) is 7.22. The molecule has 0 aromatic rings. The van der Waals surface area contributed by atoms with Crippen molar-refractivity contribution in [3.05, 3.63) is 0 Å². The van der Waals surface area contributed by atoms with Crippen LogP contribution in [0.25, 0.3) is 0 Å². The molecule has 4 N–H and O–H groups in total. The predicted octanol–water partition coefficient (Wildman–Crippen LogP) is -0.807. The van der Waals surface area contributed by atoms with Crippen LogP contribution in [0, 0.1) is 0 Å². The van der Waals surface area contributed by atoms with Gasteiger partial charge in [0.1, 0.15) is 0 Å². The molecule has 7 heteroatoms.